The Bertz CT molecular complexity index is 597. The number of thioether (sulfide) groups is 1. The van der Waals surface area contributed by atoms with Gasteiger partial charge in [0.15, 0.2) is 4.34 Å². The van der Waals surface area contributed by atoms with Crippen LogP contribution in [0.1, 0.15) is 11.1 Å². The third kappa shape index (κ3) is 3.93. The van der Waals surface area contributed by atoms with E-state index in [4.69, 9.17) is 5.73 Å². The number of rotatable bonds is 4. The Morgan fingerprint density at radius 3 is 2.84 bits per heavy atom. The van der Waals surface area contributed by atoms with E-state index in [-0.39, 0.29) is 5.91 Å². The molecule has 1 amide bonds. The van der Waals surface area contributed by atoms with Crippen molar-refractivity contribution in [2.45, 2.75) is 18.2 Å². The van der Waals surface area contributed by atoms with Crippen LogP contribution in [0.15, 0.2) is 22.5 Å². The van der Waals surface area contributed by atoms with Gasteiger partial charge < -0.3 is 11.1 Å². The smallest absolute Gasteiger partial charge is 0.234 e. The molecule has 1 heterocycles. The van der Waals surface area contributed by atoms with Gasteiger partial charge in [-0.2, -0.15) is 0 Å². The van der Waals surface area contributed by atoms with E-state index < -0.39 is 0 Å². The molecule has 0 fully saturated rings. The Labute approximate surface area is 119 Å². The van der Waals surface area contributed by atoms with Crippen LogP contribution in [-0.4, -0.2) is 21.9 Å². The van der Waals surface area contributed by atoms with E-state index in [1.807, 2.05) is 32.0 Å². The molecular formula is C12H14N4OS2. The topological polar surface area (TPSA) is 80.9 Å². The first-order valence-corrected chi connectivity index (χ1v) is 7.43. The molecule has 2 rings (SSSR count). The lowest BCUT2D eigenvalue weighted by Crippen LogP contribution is -2.14. The van der Waals surface area contributed by atoms with Crippen molar-refractivity contribution in [3.05, 3.63) is 29.3 Å². The highest BCUT2D eigenvalue weighted by Gasteiger charge is 2.08. The number of anilines is 2. The van der Waals surface area contributed by atoms with Gasteiger partial charge in [-0.05, 0) is 25.5 Å². The molecular weight excluding hydrogens is 280 g/mol. The highest BCUT2D eigenvalue weighted by atomic mass is 32.2. The normalized spacial score (nSPS) is 10.4. The molecule has 0 aliphatic heterocycles. The van der Waals surface area contributed by atoms with Gasteiger partial charge in [-0.25, -0.2) is 0 Å². The number of nitrogens with two attached hydrogens (primary N) is 1. The highest BCUT2D eigenvalue weighted by Crippen LogP contribution is 2.24. The lowest BCUT2D eigenvalue weighted by atomic mass is 10.1. The van der Waals surface area contributed by atoms with E-state index in [1.54, 1.807) is 0 Å². The van der Waals surface area contributed by atoms with Crippen molar-refractivity contribution in [3.8, 4) is 0 Å². The number of nitrogen functional groups attached to an aromatic ring is 1. The quantitative estimate of drug-likeness (QED) is 0.847. The van der Waals surface area contributed by atoms with Crippen molar-refractivity contribution in [2.75, 3.05) is 16.8 Å². The Morgan fingerprint density at radius 1 is 1.42 bits per heavy atom. The van der Waals surface area contributed by atoms with E-state index in [2.05, 4.69) is 15.5 Å². The van der Waals surface area contributed by atoms with Gasteiger partial charge in [-0.1, -0.05) is 40.8 Å². The van der Waals surface area contributed by atoms with E-state index >= 15 is 0 Å². The predicted octanol–water partition coefficient (Wildman–Crippen LogP) is 2.47. The van der Waals surface area contributed by atoms with Crippen molar-refractivity contribution in [2.24, 2.45) is 0 Å². The molecule has 100 valence electrons. The Kier molecular flexibility index (Phi) is 4.39. The fourth-order valence-corrected chi connectivity index (χ4v) is 2.98. The molecule has 1 aromatic heterocycles. The second-order valence-electron chi connectivity index (χ2n) is 4.06. The maximum Gasteiger partial charge on any atom is 0.234 e. The molecule has 2 aromatic rings. The number of carbonyl (C=O) groups is 1. The number of carbonyl (C=O) groups excluding carboxylic acids is 1. The summed E-state index contributed by atoms with van der Waals surface area (Å²) in [4.78, 5) is 11.8. The summed E-state index contributed by atoms with van der Waals surface area (Å²) >= 11 is 2.61. The molecule has 0 radical (unpaired) electrons. The van der Waals surface area contributed by atoms with Gasteiger partial charge in [0.25, 0.3) is 0 Å². The summed E-state index contributed by atoms with van der Waals surface area (Å²) in [6, 6.07) is 5.92. The molecule has 0 spiro atoms. The lowest BCUT2D eigenvalue weighted by molar-refractivity contribution is -0.113. The standard InChI is InChI=1S/C12H14N4OS2/c1-7-3-4-9(8(2)5-7)14-10(17)6-18-12-16-15-11(13)19-12/h3-5H,6H2,1-2H3,(H2,13,15)(H,14,17). The molecule has 0 aliphatic rings. The van der Waals surface area contributed by atoms with Crippen LogP contribution < -0.4 is 11.1 Å². The highest BCUT2D eigenvalue weighted by molar-refractivity contribution is 8.01. The molecule has 3 N–H and O–H groups in total. The molecule has 5 nitrogen and oxygen atoms in total. The fourth-order valence-electron chi connectivity index (χ4n) is 1.55. The minimum atomic E-state index is -0.0641. The number of aromatic nitrogens is 2. The first-order chi connectivity index (χ1) is 9.04. The van der Waals surface area contributed by atoms with Gasteiger partial charge in [-0.3, -0.25) is 4.79 Å². The summed E-state index contributed by atoms with van der Waals surface area (Å²) in [5.74, 6) is 0.229. The van der Waals surface area contributed by atoms with Crippen LogP contribution in [0, 0.1) is 13.8 Å². The van der Waals surface area contributed by atoms with Crippen molar-refractivity contribution in [3.63, 3.8) is 0 Å². The SMILES string of the molecule is Cc1ccc(NC(=O)CSc2nnc(N)s2)c(C)c1. The minimum absolute atomic E-state index is 0.0641. The van der Waals surface area contributed by atoms with Crippen LogP contribution >= 0.6 is 23.1 Å². The maximum absolute atomic E-state index is 11.8. The molecule has 7 heteroatoms. The van der Waals surface area contributed by atoms with E-state index in [0.29, 0.717) is 15.2 Å². The van der Waals surface area contributed by atoms with Gasteiger partial charge in [0.2, 0.25) is 11.0 Å². The first kappa shape index (κ1) is 13.8. The van der Waals surface area contributed by atoms with Gasteiger partial charge in [0, 0.05) is 5.69 Å². The van der Waals surface area contributed by atoms with Gasteiger partial charge in [0.1, 0.15) is 0 Å². The second-order valence-corrected chi connectivity index (χ2v) is 6.29. The Hall–Kier alpha value is -1.60. The fraction of sp³-hybridized carbons (Fsp3) is 0.250. The first-order valence-electron chi connectivity index (χ1n) is 5.63. The lowest BCUT2D eigenvalue weighted by Gasteiger charge is -2.08. The third-order valence-corrected chi connectivity index (χ3v) is 4.29. The number of benzene rings is 1. The zero-order valence-corrected chi connectivity index (χ0v) is 12.3. The number of nitrogens with one attached hydrogen (secondary N) is 1. The van der Waals surface area contributed by atoms with Crippen LogP contribution in [0.5, 0.6) is 0 Å². The zero-order valence-electron chi connectivity index (χ0n) is 10.6. The van der Waals surface area contributed by atoms with Crippen molar-refractivity contribution in [1.82, 2.24) is 10.2 Å². The van der Waals surface area contributed by atoms with Gasteiger partial charge in [-0.15, -0.1) is 10.2 Å². The molecule has 0 unspecified atom stereocenters. The molecule has 0 saturated heterocycles. The number of amides is 1. The summed E-state index contributed by atoms with van der Waals surface area (Å²) in [5.41, 5.74) is 8.54. The van der Waals surface area contributed by atoms with Crippen LogP contribution in [0.2, 0.25) is 0 Å². The summed E-state index contributed by atoms with van der Waals surface area (Å²) in [7, 11) is 0. The number of hydrogen-bond acceptors (Lipinski definition) is 6. The number of hydrogen-bond donors (Lipinski definition) is 2. The van der Waals surface area contributed by atoms with Crippen molar-refractivity contribution in [1.29, 1.82) is 0 Å². The molecule has 0 aliphatic carbocycles. The van der Waals surface area contributed by atoms with Crippen molar-refractivity contribution >= 4 is 39.8 Å². The molecule has 1 aromatic carbocycles. The van der Waals surface area contributed by atoms with Crippen LogP contribution in [0.3, 0.4) is 0 Å². The molecule has 0 saturated carbocycles. The molecule has 19 heavy (non-hydrogen) atoms. The average Bonchev–Trinajstić information content (AvgIpc) is 2.76. The van der Waals surface area contributed by atoms with Crippen LogP contribution in [0.4, 0.5) is 10.8 Å². The number of nitrogens with zero attached hydrogens (tertiary/aromatic N) is 2. The molecule has 0 bridgehead atoms. The summed E-state index contributed by atoms with van der Waals surface area (Å²) in [5, 5.41) is 10.8. The maximum atomic E-state index is 11.8. The summed E-state index contributed by atoms with van der Waals surface area (Å²) in [6.45, 7) is 4.00. The second kappa shape index (κ2) is 6.03. The average molecular weight is 294 g/mol. The summed E-state index contributed by atoms with van der Waals surface area (Å²) < 4.78 is 0.702. The molecule has 0 atom stereocenters. The van der Waals surface area contributed by atoms with Gasteiger partial charge in [0.05, 0.1) is 5.75 Å². The predicted molar refractivity (Wildman–Crippen MR) is 79.6 cm³/mol. The van der Waals surface area contributed by atoms with Crippen LogP contribution in [-0.2, 0) is 4.79 Å². The third-order valence-electron chi connectivity index (χ3n) is 2.40. The minimum Gasteiger partial charge on any atom is -0.374 e. The monoisotopic (exact) mass is 294 g/mol. The van der Waals surface area contributed by atoms with E-state index in [9.17, 15) is 4.79 Å². The summed E-state index contributed by atoms with van der Waals surface area (Å²) in [6.07, 6.45) is 0. The van der Waals surface area contributed by atoms with Crippen molar-refractivity contribution < 1.29 is 4.79 Å². The van der Waals surface area contributed by atoms with Gasteiger partial charge >= 0.3 is 0 Å². The number of aryl methyl sites for hydroxylation is 2. The Balaban J connectivity index is 1.90. The largest absolute Gasteiger partial charge is 0.374 e. The van der Waals surface area contributed by atoms with E-state index in [1.165, 1.54) is 28.7 Å². The Morgan fingerprint density at radius 2 is 2.21 bits per heavy atom. The van der Waals surface area contributed by atoms with E-state index in [0.717, 1.165) is 11.3 Å². The zero-order chi connectivity index (χ0) is 13.8. The van der Waals surface area contributed by atoms with Crippen LogP contribution in [0.25, 0.3) is 0 Å².